The molecule has 1 aromatic carbocycles. The molecule has 134 valence electrons. The van der Waals surface area contributed by atoms with Crippen LogP contribution in [-0.2, 0) is 0 Å². The SMILES string of the molecule is CCCCCOc1ccc(NC(=S)NC(=O)c2cccnc2C#N)cc1. The highest BCUT2D eigenvalue weighted by molar-refractivity contribution is 7.80. The van der Waals surface area contributed by atoms with E-state index in [-0.39, 0.29) is 16.4 Å². The maximum atomic E-state index is 12.2. The van der Waals surface area contributed by atoms with E-state index in [2.05, 4.69) is 22.5 Å². The maximum Gasteiger partial charge on any atom is 0.260 e. The van der Waals surface area contributed by atoms with Gasteiger partial charge in [-0.3, -0.25) is 10.1 Å². The zero-order valence-electron chi connectivity index (χ0n) is 14.5. The Morgan fingerprint density at radius 2 is 2.04 bits per heavy atom. The number of nitriles is 1. The molecular weight excluding hydrogens is 348 g/mol. The van der Waals surface area contributed by atoms with Gasteiger partial charge in [0, 0.05) is 11.9 Å². The first-order valence-electron chi connectivity index (χ1n) is 8.34. The van der Waals surface area contributed by atoms with Crippen molar-refractivity contribution >= 4 is 28.9 Å². The van der Waals surface area contributed by atoms with Crippen LogP contribution in [0.4, 0.5) is 5.69 Å². The summed E-state index contributed by atoms with van der Waals surface area (Å²) >= 11 is 5.15. The molecule has 0 aliphatic carbocycles. The van der Waals surface area contributed by atoms with Crippen LogP contribution >= 0.6 is 12.2 Å². The van der Waals surface area contributed by atoms with Gasteiger partial charge in [0.1, 0.15) is 11.8 Å². The van der Waals surface area contributed by atoms with E-state index in [0.717, 1.165) is 30.7 Å². The molecule has 0 saturated heterocycles. The van der Waals surface area contributed by atoms with E-state index < -0.39 is 5.91 Å². The van der Waals surface area contributed by atoms with Crippen LogP contribution in [0.25, 0.3) is 0 Å². The molecule has 0 spiro atoms. The zero-order valence-corrected chi connectivity index (χ0v) is 15.3. The molecule has 26 heavy (non-hydrogen) atoms. The van der Waals surface area contributed by atoms with Crippen molar-refractivity contribution in [2.45, 2.75) is 26.2 Å². The van der Waals surface area contributed by atoms with Crippen molar-refractivity contribution in [1.29, 1.82) is 5.26 Å². The van der Waals surface area contributed by atoms with Crippen molar-refractivity contribution < 1.29 is 9.53 Å². The number of ether oxygens (including phenoxy) is 1. The third-order valence-electron chi connectivity index (χ3n) is 3.51. The minimum atomic E-state index is -0.483. The number of carbonyl (C=O) groups excluding carboxylic acids is 1. The second-order valence-corrected chi connectivity index (χ2v) is 5.91. The van der Waals surface area contributed by atoms with E-state index in [1.54, 1.807) is 6.07 Å². The molecule has 0 bridgehead atoms. The lowest BCUT2D eigenvalue weighted by Crippen LogP contribution is -2.34. The maximum absolute atomic E-state index is 12.2. The predicted octanol–water partition coefficient (Wildman–Crippen LogP) is 3.65. The first-order chi connectivity index (χ1) is 12.6. The van der Waals surface area contributed by atoms with Gasteiger partial charge in [-0.05, 0) is 55.0 Å². The number of hydrogen-bond acceptors (Lipinski definition) is 5. The molecule has 0 aliphatic rings. The summed E-state index contributed by atoms with van der Waals surface area (Å²) in [5.74, 6) is 0.304. The molecule has 2 aromatic rings. The number of hydrogen-bond donors (Lipinski definition) is 2. The first-order valence-corrected chi connectivity index (χ1v) is 8.75. The average Bonchev–Trinajstić information content (AvgIpc) is 2.66. The van der Waals surface area contributed by atoms with Gasteiger partial charge in [-0.25, -0.2) is 4.98 Å². The van der Waals surface area contributed by atoms with Crippen LogP contribution in [0.5, 0.6) is 5.75 Å². The molecule has 2 rings (SSSR count). The summed E-state index contributed by atoms with van der Waals surface area (Å²) in [6.07, 6.45) is 4.80. The van der Waals surface area contributed by atoms with Gasteiger partial charge in [-0.1, -0.05) is 19.8 Å². The van der Waals surface area contributed by atoms with E-state index in [9.17, 15) is 4.79 Å². The lowest BCUT2D eigenvalue weighted by Gasteiger charge is -2.11. The predicted molar refractivity (Wildman–Crippen MR) is 104 cm³/mol. The van der Waals surface area contributed by atoms with Gasteiger partial charge in [0.25, 0.3) is 5.91 Å². The number of pyridine rings is 1. The number of aromatic nitrogens is 1. The highest BCUT2D eigenvalue weighted by Gasteiger charge is 2.13. The van der Waals surface area contributed by atoms with Gasteiger partial charge in [0.05, 0.1) is 12.2 Å². The Hall–Kier alpha value is -2.98. The van der Waals surface area contributed by atoms with Crippen LogP contribution in [-0.4, -0.2) is 22.6 Å². The Balaban J connectivity index is 1.87. The van der Waals surface area contributed by atoms with E-state index in [1.807, 2.05) is 30.3 Å². The van der Waals surface area contributed by atoms with Crippen molar-refractivity contribution in [3.8, 4) is 11.8 Å². The van der Waals surface area contributed by atoms with Crippen LogP contribution in [0.15, 0.2) is 42.6 Å². The molecule has 1 amide bonds. The number of rotatable bonds is 7. The van der Waals surface area contributed by atoms with E-state index in [0.29, 0.717) is 6.61 Å². The third kappa shape index (κ3) is 5.83. The summed E-state index contributed by atoms with van der Waals surface area (Å²) in [5, 5.41) is 14.6. The van der Waals surface area contributed by atoms with Gasteiger partial charge < -0.3 is 10.1 Å². The topological polar surface area (TPSA) is 87.0 Å². The molecular formula is C19H20N4O2S. The lowest BCUT2D eigenvalue weighted by atomic mass is 10.2. The smallest absolute Gasteiger partial charge is 0.260 e. The largest absolute Gasteiger partial charge is 0.494 e. The zero-order chi connectivity index (χ0) is 18.8. The quantitative estimate of drug-likeness (QED) is 0.573. The molecule has 1 aromatic heterocycles. The number of carbonyl (C=O) groups is 1. The molecule has 2 N–H and O–H groups in total. The highest BCUT2D eigenvalue weighted by atomic mass is 32.1. The number of nitrogens with one attached hydrogen (secondary N) is 2. The Morgan fingerprint density at radius 3 is 2.73 bits per heavy atom. The Bertz CT molecular complexity index is 800. The van der Waals surface area contributed by atoms with Crippen LogP contribution in [0.3, 0.4) is 0 Å². The normalized spacial score (nSPS) is 9.85. The number of amides is 1. The Morgan fingerprint density at radius 1 is 1.27 bits per heavy atom. The minimum Gasteiger partial charge on any atom is -0.494 e. The molecule has 1 heterocycles. The van der Waals surface area contributed by atoms with Crippen LogP contribution in [0, 0.1) is 11.3 Å². The summed E-state index contributed by atoms with van der Waals surface area (Å²) in [6.45, 7) is 2.85. The molecule has 0 fully saturated rings. The number of thiocarbonyl (C=S) groups is 1. The summed E-state index contributed by atoms with van der Waals surface area (Å²) < 4.78 is 5.65. The fourth-order valence-electron chi connectivity index (χ4n) is 2.19. The van der Waals surface area contributed by atoms with E-state index >= 15 is 0 Å². The molecule has 0 saturated carbocycles. The van der Waals surface area contributed by atoms with Crippen molar-refractivity contribution in [2.24, 2.45) is 0 Å². The Kier molecular flexibility index (Phi) is 7.52. The van der Waals surface area contributed by atoms with Gasteiger partial charge in [-0.2, -0.15) is 5.26 Å². The fraction of sp³-hybridized carbons (Fsp3) is 0.263. The minimum absolute atomic E-state index is 0.0531. The van der Waals surface area contributed by atoms with Crippen molar-refractivity contribution in [2.75, 3.05) is 11.9 Å². The summed E-state index contributed by atoms with van der Waals surface area (Å²) in [7, 11) is 0. The molecule has 0 atom stereocenters. The monoisotopic (exact) mass is 368 g/mol. The third-order valence-corrected chi connectivity index (χ3v) is 3.72. The van der Waals surface area contributed by atoms with Crippen LogP contribution in [0.1, 0.15) is 42.2 Å². The summed E-state index contributed by atoms with van der Waals surface area (Å²) in [4.78, 5) is 16.1. The van der Waals surface area contributed by atoms with Crippen LogP contribution < -0.4 is 15.4 Å². The molecule has 7 heteroatoms. The first kappa shape index (κ1) is 19.3. The van der Waals surface area contributed by atoms with E-state index in [1.165, 1.54) is 12.3 Å². The van der Waals surface area contributed by atoms with Crippen LogP contribution in [0.2, 0.25) is 0 Å². The molecule has 0 unspecified atom stereocenters. The average molecular weight is 368 g/mol. The molecule has 6 nitrogen and oxygen atoms in total. The number of anilines is 1. The second-order valence-electron chi connectivity index (χ2n) is 5.50. The molecule has 0 aliphatic heterocycles. The van der Waals surface area contributed by atoms with Crippen molar-refractivity contribution in [3.63, 3.8) is 0 Å². The fourth-order valence-corrected chi connectivity index (χ4v) is 2.40. The Labute approximate surface area is 158 Å². The summed E-state index contributed by atoms with van der Waals surface area (Å²) in [5.41, 5.74) is 0.954. The number of nitrogens with zero attached hydrogens (tertiary/aromatic N) is 2. The number of unbranched alkanes of at least 4 members (excludes halogenated alkanes) is 2. The summed E-state index contributed by atoms with van der Waals surface area (Å²) in [6, 6.07) is 12.3. The van der Waals surface area contributed by atoms with Gasteiger partial charge in [0.2, 0.25) is 0 Å². The van der Waals surface area contributed by atoms with Gasteiger partial charge >= 0.3 is 0 Å². The van der Waals surface area contributed by atoms with Gasteiger partial charge in [0.15, 0.2) is 10.8 Å². The lowest BCUT2D eigenvalue weighted by molar-refractivity contribution is 0.0977. The highest BCUT2D eigenvalue weighted by Crippen LogP contribution is 2.16. The standard InChI is InChI=1S/C19H20N4O2S/c1-2-3-4-12-25-15-9-7-14(8-10-15)22-19(26)23-18(24)16-6-5-11-21-17(16)13-20/h5-11H,2-4,12H2,1H3,(H2,22,23,24,26). The van der Waals surface area contributed by atoms with Crippen molar-refractivity contribution in [1.82, 2.24) is 10.3 Å². The van der Waals surface area contributed by atoms with Crippen molar-refractivity contribution in [3.05, 3.63) is 53.9 Å². The van der Waals surface area contributed by atoms with E-state index in [4.69, 9.17) is 22.2 Å². The second kappa shape index (κ2) is 10.1. The number of benzene rings is 1. The molecule has 0 radical (unpaired) electrons. The van der Waals surface area contributed by atoms with Gasteiger partial charge in [-0.15, -0.1) is 0 Å².